The summed E-state index contributed by atoms with van der Waals surface area (Å²) in [5.74, 6) is -3.11. The summed E-state index contributed by atoms with van der Waals surface area (Å²) < 4.78 is 42.6. The van der Waals surface area contributed by atoms with Gasteiger partial charge in [0.25, 0.3) is 0 Å². The molecule has 0 heterocycles. The number of hydrogen-bond acceptors (Lipinski definition) is 5. The molecular weight excluding hydrogens is 349 g/mol. The van der Waals surface area contributed by atoms with Gasteiger partial charge in [-0.3, -0.25) is 4.79 Å². The van der Waals surface area contributed by atoms with Crippen LogP contribution < -0.4 is 5.32 Å². The molecule has 132 valence electrons. The molecule has 0 aromatic heterocycles. The van der Waals surface area contributed by atoms with E-state index >= 15 is 0 Å². The molecule has 25 heavy (non-hydrogen) atoms. The Labute approximate surface area is 144 Å². The van der Waals surface area contributed by atoms with Gasteiger partial charge in [0.15, 0.2) is 9.84 Å². The molecule has 6 nitrogen and oxygen atoms in total. The molecule has 0 atom stereocenters. The van der Waals surface area contributed by atoms with Crippen molar-refractivity contribution in [3.8, 4) is 0 Å². The van der Waals surface area contributed by atoms with Crippen molar-refractivity contribution in [2.24, 2.45) is 0 Å². The van der Waals surface area contributed by atoms with E-state index in [-0.39, 0.29) is 6.61 Å². The molecule has 0 aliphatic rings. The summed E-state index contributed by atoms with van der Waals surface area (Å²) in [5.41, 5.74) is 0.612. The van der Waals surface area contributed by atoms with Crippen LogP contribution in [-0.4, -0.2) is 32.7 Å². The first-order valence-corrected chi connectivity index (χ1v) is 9.03. The molecule has 1 N–H and O–H groups in total. The Morgan fingerprint density at radius 2 is 1.72 bits per heavy atom. The fourth-order valence-corrected chi connectivity index (χ4v) is 3.27. The zero-order valence-corrected chi connectivity index (χ0v) is 14.2. The first kappa shape index (κ1) is 18.6. The topological polar surface area (TPSA) is 89.5 Å². The van der Waals surface area contributed by atoms with Crippen LogP contribution in [0.1, 0.15) is 17.3 Å². The smallest absolute Gasteiger partial charge is 0.338 e. The van der Waals surface area contributed by atoms with Crippen molar-refractivity contribution in [3.05, 3.63) is 59.9 Å². The summed E-state index contributed by atoms with van der Waals surface area (Å²) in [7, 11) is -4.10. The van der Waals surface area contributed by atoms with Gasteiger partial charge in [-0.1, -0.05) is 12.1 Å². The Morgan fingerprint density at radius 3 is 2.32 bits per heavy atom. The predicted octanol–water partition coefficient (Wildman–Crippen LogP) is 2.41. The SMILES string of the molecule is CCOC(=O)c1ccc(NC(=O)CS(=O)(=O)c2ccccc2F)cc1. The van der Waals surface area contributed by atoms with Gasteiger partial charge in [-0.25, -0.2) is 17.6 Å². The van der Waals surface area contributed by atoms with Crippen LogP contribution in [0.15, 0.2) is 53.4 Å². The summed E-state index contributed by atoms with van der Waals surface area (Å²) in [4.78, 5) is 22.9. The molecule has 0 aliphatic heterocycles. The zero-order valence-electron chi connectivity index (χ0n) is 13.4. The molecule has 8 heteroatoms. The van der Waals surface area contributed by atoms with Gasteiger partial charge in [0.05, 0.1) is 12.2 Å². The van der Waals surface area contributed by atoms with Crippen LogP contribution >= 0.6 is 0 Å². The highest BCUT2D eigenvalue weighted by atomic mass is 32.2. The fraction of sp³-hybridized carbons (Fsp3) is 0.176. The van der Waals surface area contributed by atoms with Crippen LogP contribution in [-0.2, 0) is 19.4 Å². The molecule has 0 saturated heterocycles. The predicted molar refractivity (Wildman–Crippen MR) is 89.5 cm³/mol. The molecule has 2 aromatic carbocycles. The molecule has 0 fully saturated rings. The van der Waals surface area contributed by atoms with E-state index in [4.69, 9.17) is 4.74 Å². The molecular formula is C17H16FNO5S. The molecule has 0 unspecified atom stereocenters. The van der Waals surface area contributed by atoms with E-state index in [1.807, 2.05) is 0 Å². The average molecular weight is 365 g/mol. The number of carbonyl (C=O) groups excluding carboxylic acids is 2. The normalized spacial score (nSPS) is 11.0. The number of nitrogens with one attached hydrogen (secondary N) is 1. The maximum atomic E-state index is 13.6. The van der Waals surface area contributed by atoms with E-state index in [9.17, 15) is 22.4 Å². The third-order valence-corrected chi connectivity index (χ3v) is 4.82. The number of ether oxygens (including phenoxy) is 1. The lowest BCUT2D eigenvalue weighted by molar-refractivity contribution is -0.113. The highest BCUT2D eigenvalue weighted by Gasteiger charge is 2.22. The van der Waals surface area contributed by atoms with Gasteiger partial charge in [-0.2, -0.15) is 0 Å². The Balaban J connectivity index is 2.05. The molecule has 0 bridgehead atoms. The lowest BCUT2D eigenvalue weighted by Gasteiger charge is -2.08. The largest absolute Gasteiger partial charge is 0.462 e. The molecule has 0 saturated carbocycles. The second-order valence-electron chi connectivity index (χ2n) is 5.04. The lowest BCUT2D eigenvalue weighted by Crippen LogP contribution is -2.23. The Morgan fingerprint density at radius 1 is 1.08 bits per heavy atom. The van der Waals surface area contributed by atoms with E-state index in [1.165, 1.54) is 36.4 Å². The summed E-state index contributed by atoms with van der Waals surface area (Å²) in [6.07, 6.45) is 0. The lowest BCUT2D eigenvalue weighted by atomic mass is 10.2. The molecule has 0 aliphatic carbocycles. The number of amides is 1. The quantitative estimate of drug-likeness (QED) is 0.794. The van der Waals surface area contributed by atoms with Gasteiger partial charge < -0.3 is 10.1 Å². The summed E-state index contributed by atoms with van der Waals surface area (Å²) >= 11 is 0. The highest BCUT2D eigenvalue weighted by molar-refractivity contribution is 7.92. The first-order chi connectivity index (χ1) is 11.8. The van der Waals surface area contributed by atoms with E-state index < -0.39 is 38.2 Å². The number of rotatable bonds is 6. The van der Waals surface area contributed by atoms with E-state index in [2.05, 4.69) is 5.32 Å². The summed E-state index contributed by atoms with van der Waals surface area (Å²) in [6, 6.07) is 10.6. The first-order valence-electron chi connectivity index (χ1n) is 7.38. The van der Waals surface area contributed by atoms with Crippen LogP contribution in [0.25, 0.3) is 0 Å². The van der Waals surface area contributed by atoms with Crippen LogP contribution in [0.2, 0.25) is 0 Å². The standard InChI is InChI=1S/C17H16FNO5S/c1-2-24-17(21)12-7-9-13(10-8-12)19-16(20)11-25(22,23)15-6-4-3-5-14(15)18/h3-10H,2,11H2,1H3,(H,19,20). The van der Waals surface area contributed by atoms with Crippen LogP contribution in [0, 0.1) is 5.82 Å². The van der Waals surface area contributed by atoms with Gasteiger partial charge in [0.1, 0.15) is 16.5 Å². The maximum absolute atomic E-state index is 13.6. The maximum Gasteiger partial charge on any atom is 0.338 e. The molecule has 0 spiro atoms. The van der Waals surface area contributed by atoms with Crippen LogP contribution in [0.3, 0.4) is 0 Å². The van der Waals surface area contributed by atoms with Crippen molar-refractivity contribution in [1.82, 2.24) is 0 Å². The summed E-state index contributed by atoms with van der Waals surface area (Å²) in [5, 5.41) is 2.39. The van der Waals surface area contributed by atoms with Crippen molar-refractivity contribution in [2.75, 3.05) is 17.7 Å². The van der Waals surface area contributed by atoms with Gasteiger partial charge in [0.2, 0.25) is 5.91 Å². The number of carbonyl (C=O) groups is 2. The van der Waals surface area contributed by atoms with Gasteiger partial charge in [0, 0.05) is 5.69 Å². The minimum absolute atomic E-state index is 0.241. The Kier molecular flexibility index (Phi) is 5.87. The van der Waals surface area contributed by atoms with Crippen molar-refractivity contribution < 1.29 is 27.1 Å². The van der Waals surface area contributed by atoms with Crippen LogP contribution in [0.5, 0.6) is 0 Å². The third kappa shape index (κ3) is 4.87. The molecule has 2 aromatic rings. The van der Waals surface area contributed by atoms with Crippen molar-refractivity contribution in [2.45, 2.75) is 11.8 Å². The van der Waals surface area contributed by atoms with Gasteiger partial charge in [-0.15, -0.1) is 0 Å². The second-order valence-corrected chi connectivity index (χ2v) is 6.99. The van der Waals surface area contributed by atoms with E-state index in [1.54, 1.807) is 6.92 Å². The Bertz CT molecular complexity index is 878. The second kappa shape index (κ2) is 7.89. The number of anilines is 1. The number of esters is 1. The number of benzene rings is 2. The number of halogens is 1. The van der Waals surface area contributed by atoms with Gasteiger partial charge in [-0.05, 0) is 43.3 Å². The zero-order chi connectivity index (χ0) is 18.4. The van der Waals surface area contributed by atoms with Crippen molar-refractivity contribution in [1.29, 1.82) is 0 Å². The minimum Gasteiger partial charge on any atom is -0.462 e. The molecule has 0 radical (unpaired) electrons. The number of hydrogen-bond donors (Lipinski definition) is 1. The average Bonchev–Trinajstić information content (AvgIpc) is 2.55. The van der Waals surface area contributed by atoms with Crippen LogP contribution in [0.4, 0.5) is 10.1 Å². The minimum atomic E-state index is -4.10. The number of sulfone groups is 1. The third-order valence-electron chi connectivity index (χ3n) is 3.17. The van der Waals surface area contributed by atoms with E-state index in [0.29, 0.717) is 11.3 Å². The van der Waals surface area contributed by atoms with Crippen molar-refractivity contribution >= 4 is 27.4 Å². The highest BCUT2D eigenvalue weighted by Crippen LogP contribution is 2.16. The molecule has 2 rings (SSSR count). The van der Waals surface area contributed by atoms with Crippen molar-refractivity contribution in [3.63, 3.8) is 0 Å². The molecule has 1 amide bonds. The monoisotopic (exact) mass is 365 g/mol. The summed E-state index contributed by atoms with van der Waals surface area (Å²) in [6.45, 7) is 1.92. The fourth-order valence-electron chi connectivity index (χ4n) is 2.05. The Hall–Kier alpha value is -2.74. The van der Waals surface area contributed by atoms with Gasteiger partial charge >= 0.3 is 5.97 Å². The van der Waals surface area contributed by atoms with E-state index in [0.717, 1.165) is 12.1 Å².